The number of hydrogen-bond acceptors (Lipinski definition) is 17. The minimum atomic E-state index is -2.31. The summed E-state index contributed by atoms with van der Waals surface area (Å²) in [4.78, 5) is 39.6. The maximum Gasteiger partial charge on any atom is 2.00 e. The molecule has 0 amide bonds. The number of hydrogen-bond donors (Lipinski definition) is 10. The van der Waals surface area contributed by atoms with Crippen LogP contribution < -0.4 is 10.2 Å². The van der Waals surface area contributed by atoms with Crippen molar-refractivity contribution in [2.75, 3.05) is 13.2 Å². The summed E-state index contributed by atoms with van der Waals surface area (Å²) in [5.74, 6) is -5.08. The SMILES string of the molecule is CC(=O)OC(C)=O.O=C([O-])[C@H](O)[C@@H](O)[C@H](O)[C@H](O)CO.O=C([O-])[C@H](O)[C@@H](O)[C@H](O)[C@H](O)CO.[Fe+2]. The molecular formula is C16H28FeO17. The molecule has 0 radical (unpaired) electrons. The van der Waals surface area contributed by atoms with Crippen molar-refractivity contribution >= 4 is 23.9 Å². The molecule has 18 heteroatoms. The van der Waals surface area contributed by atoms with E-state index in [4.69, 9.17) is 51.1 Å². The van der Waals surface area contributed by atoms with Gasteiger partial charge >= 0.3 is 29.0 Å². The summed E-state index contributed by atoms with van der Waals surface area (Å²) >= 11 is 0. The van der Waals surface area contributed by atoms with Crippen molar-refractivity contribution in [3.05, 3.63) is 0 Å². The van der Waals surface area contributed by atoms with Crippen molar-refractivity contribution in [1.82, 2.24) is 0 Å². The number of carboxylic acids is 2. The zero-order valence-corrected chi connectivity index (χ0v) is 18.8. The molecule has 10 N–H and O–H groups in total. The van der Waals surface area contributed by atoms with Gasteiger partial charge in [0, 0.05) is 13.8 Å². The number of aliphatic carboxylic acids is 2. The van der Waals surface area contributed by atoms with Gasteiger partial charge in [0.2, 0.25) is 0 Å². The molecule has 0 heterocycles. The van der Waals surface area contributed by atoms with Crippen molar-refractivity contribution in [2.45, 2.75) is 62.7 Å². The summed E-state index contributed by atoms with van der Waals surface area (Å²) in [5, 5.41) is 107. The number of ether oxygens (including phenoxy) is 1. The van der Waals surface area contributed by atoms with Crippen LogP contribution in [0.15, 0.2) is 0 Å². The van der Waals surface area contributed by atoms with Crippen molar-refractivity contribution in [3.8, 4) is 0 Å². The number of esters is 2. The number of aliphatic hydroxyl groups excluding tert-OH is 10. The van der Waals surface area contributed by atoms with Gasteiger partial charge in [-0.15, -0.1) is 0 Å². The standard InChI is InChI=1S/2C6H12O7.C4H6O3.Fe/c2*7-1-2(8)3(9)4(10)5(11)6(12)13;1-3(5)7-4(2)6;/h2*2-5,7-11H,1H2,(H,12,13);1-2H3;/q;;;+2/p-2/t2*2-,3-,4+,5-;;/m11../s1. The second kappa shape index (κ2) is 20.6. The molecule has 0 aliphatic heterocycles. The Hall–Kier alpha value is -1.80. The topological polar surface area (TPSA) is 326 Å². The summed E-state index contributed by atoms with van der Waals surface area (Å²) < 4.78 is 3.97. The minimum Gasteiger partial charge on any atom is -0.547 e. The molecule has 0 saturated carbocycles. The first-order valence-electron chi connectivity index (χ1n) is 8.72. The molecule has 0 fully saturated rings. The van der Waals surface area contributed by atoms with Crippen LogP contribution in [0.25, 0.3) is 0 Å². The van der Waals surface area contributed by atoms with Crippen LogP contribution in [0.1, 0.15) is 13.8 Å². The molecule has 0 spiro atoms. The van der Waals surface area contributed by atoms with Gasteiger partial charge in [-0.25, -0.2) is 0 Å². The Bertz CT molecular complexity index is 552. The first-order chi connectivity index (χ1) is 15.0. The van der Waals surface area contributed by atoms with Gasteiger partial charge in [-0.3, -0.25) is 9.59 Å². The second-order valence-electron chi connectivity index (χ2n) is 6.08. The first kappa shape index (κ1) is 39.4. The fourth-order valence-corrected chi connectivity index (χ4v) is 1.53. The average molecular weight is 548 g/mol. The molecule has 17 nitrogen and oxygen atoms in total. The summed E-state index contributed by atoms with van der Waals surface area (Å²) in [6.07, 6.45) is -16.2. The van der Waals surface area contributed by atoms with Crippen molar-refractivity contribution in [3.63, 3.8) is 0 Å². The smallest absolute Gasteiger partial charge is 0.547 e. The average Bonchev–Trinajstić information content (AvgIpc) is 2.74. The number of rotatable bonds is 10. The first-order valence-corrected chi connectivity index (χ1v) is 8.72. The Morgan fingerprint density at radius 2 is 0.853 bits per heavy atom. The largest absolute Gasteiger partial charge is 2.00 e. The van der Waals surface area contributed by atoms with Crippen molar-refractivity contribution in [1.29, 1.82) is 0 Å². The van der Waals surface area contributed by atoms with E-state index in [-0.39, 0.29) is 17.1 Å². The summed E-state index contributed by atoms with van der Waals surface area (Å²) in [6.45, 7) is 0.638. The van der Waals surface area contributed by atoms with E-state index in [0.29, 0.717) is 0 Å². The molecule has 8 atom stereocenters. The van der Waals surface area contributed by atoms with Gasteiger partial charge in [0.1, 0.15) is 48.8 Å². The van der Waals surface area contributed by atoms with Gasteiger partial charge < -0.3 is 75.6 Å². The van der Waals surface area contributed by atoms with Gasteiger partial charge in [0.25, 0.3) is 0 Å². The van der Waals surface area contributed by atoms with E-state index in [0.717, 1.165) is 0 Å². The van der Waals surface area contributed by atoms with E-state index < -0.39 is 85.9 Å². The van der Waals surface area contributed by atoms with Crippen LogP contribution in [0.2, 0.25) is 0 Å². The van der Waals surface area contributed by atoms with Crippen LogP contribution in [-0.2, 0) is 41.0 Å². The van der Waals surface area contributed by atoms with Gasteiger partial charge in [0.15, 0.2) is 0 Å². The normalized spacial score (nSPS) is 17.2. The third-order valence-corrected chi connectivity index (χ3v) is 3.28. The minimum absolute atomic E-state index is 0. The Balaban J connectivity index is -0.000000205. The third kappa shape index (κ3) is 17.6. The quantitative estimate of drug-likeness (QED) is 0.0688. The molecule has 0 aromatic rings. The second-order valence-corrected chi connectivity index (χ2v) is 6.08. The molecule has 0 aromatic heterocycles. The Morgan fingerprint density at radius 3 is 0.971 bits per heavy atom. The van der Waals surface area contributed by atoms with E-state index in [1.807, 2.05) is 0 Å². The summed E-state index contributed by atoms with van der Waals surface area (Å²) in [7, 11) is 0. The Labute approximate surface area is 202 Å². The van der Waals surface area contributed by atoms with Gasteiger partial charge in [-0.1, -0.05) is 0 Å². The monoisotopic (exact) mass is 548 g/mol. The van der Waals surface area contributed by atoms with Crippen molar-refractivity contribution < 1.29 is 102 Å². The molecule has 0 aliphatic carbocycles. The maximum atomic E-state index is 9.98. The van der Waals surface area contributed by atoms with E-state index in [1.165, 1.54) is 13.8 Å². The molecule has 0 aliphatic rings. The zero-order chi connectivity index (χ0) is 27.0. The van der Waals surface area contributed by atoms with Crippen LogP contribution in [0.5, 0.6) is 0 Å². The fourth-order valence-electron chi connectivity index (χ4n) is 1.53. The van der Waals surface area contributed by atoms with Crippen LogP contribution in [0.3, 0.4) is 0 Å². The molecular weight excluding hydrogens is 520 g/mol. The zero-order valence-electron chi connectivity index (χ0n) is 17.7. The van der Waals surface area contributed by atoms with Crippen LogP contribution >= 0.6 is 0 Å². The van der Waals surface area contributed by atoms with Gasteiger partial charge in [-0.2, -0.15) is 0 Å². The summed E-state index contributed by atoms with van der Waals surface area (Å²) in [6, 6.07) is 0. The van der Waals surface area contributed by atoms with Crippen LogP contribution in [0.4, 0.5) is 0 Å². The number of carbonyl (C=O) groups is 4. The van der Waals surface area contributed by atoms with Crippen molar-refractivity contribution in [2.24, 2.45) is 0 Å². The number of carbonyl (C=O) groups excluding carboxylic acids is 4. The predicted molar refractivity (Wildman–Crippen MR) is 94.7 cm³/mol. The molecule has 202 valence electrons. The van der Waals surface area contributed by atoms with E-state index in [1.54, 1.807) is 0 Å². The summed E-state index contributed by atoms with van der Waals surface area (Å²) in [5.41, 5.74) is 0. The molecule has 0 rings (SSSR count). The number of carboxylic acid groups (broad SMARTS) is 2. The Kier molecular flexibility index (Phi) is 23.8. The van der Waals surface area contributed by atoms with Crippen LogP contribution in [-0.4, -0.2) is 137 Å². The van der Waals surface area contributed by atoms with E-state index in [9.17, 15) is 29.4 Å². The molecule has 0 unspecified atom stereocenters. The Morgan fingerprint density at radius 1 is 0.618 bits per heavy atom. The number of aliphatic hydroxyl groups is 10. The van der Waals surface area contributed by atoms with Gasteiger partial charge in [-0.05, 0) is 0 Å². The predicted octanol–water partition coefficient (Wildman–Crippen LogP) is -9.56. The fraction of sp³-hybridized carbons (Fsp3) is 0.750. The van der Waals surface area contributed by atoms with E-state index >= 15 is 0 Å². The molecule has 0 bridgehead atoms. The molecule has 34 heavy (non-hydrogen) atoms. The third-order valence-electron chi connectivity index (χ3n) is 3.28. The van der Waals surface area contributed by atoms with E-state index in [2.05, 4.69) is 4.74 Å². The van der Waals surface area contributed by atoms with Crippen LogP contribution in [0, 0.1) is 0 Å². The maximum absolute atomic E-state index is 9.98. The molecule has 0 aromatic carbocycles. The van der Waals surface area contributed by atoms with Gasteiger partial charge in [0.05, 0.1) is 25.2 Å². The molecule has 0 saturated heterocycles.